The third-order valence-electron chi connectivity index (χ3n) is 5.62. The Morgan fingerprint density at radius 1 is 0.906 bits per heavy atom. The zero-order chi connectivity index (χ0) is 23.4. The number of carbonyl (C=O) groups is 1. The van der Waals surface area contributed by atoms with Gasteiger partial charge in [-0.3, -0.25) is 4.79 Å². The molecule has 2 aromatic rings. The fourth-order valence-corrected chi connectivity index (χ4v) is 6.51. The minimum atomic E-state index is -3.72. The van der Waals surface area contributed by atoms with Crippen molar-refractivity contribution < 1.29 is 21.6 Å². The SMILES string of the molecule is CCN(CC)C(=O)c1ccc(S(=O)(=O)N2CCC(NS(=O)(=O)c3ccccc3)CC2)cc1. The number of rotatable bonds is 8. The van der Waals surface area contributed by atoms with Crippen molar-refractivity contribution >= 4 is 26.0 Å². The Morgan fingerprint density at radius 2 is 1.47 bits per heavy atom. The topological polar surface area (TPSA) is 104 Å². The minimum Gasteiger partial charge on any atom is -0.339 e. The fraction of sp³-hybridized carbons (Fsp3) is 0.409. The van der Waals surface area contributed by atoms with Crippen molar-refractivity contribution in [3.63, 3.8) is 0 Å². The van der Waals surface area contributed by atoms with Crippen LogP contribution in [0.3, 0.4) is 0 Å². The van der Waals surface area contributed by atoms with E-state index in [1.807, 2.05) is 13.8 Å². The number of hydrogen-bond acceptors (Lipinski definition) is 5. The van der Waals surface area contributed by atoms with Crippen LogP contribution in [0, 0.1) is 0 Å². The van der Waals surface area contributed by atoms with E-state index < -0.39 is 20.0 Å². The molecule has 1 heterocycles. The third-order valence-corrected chi connectivity index (χ3v) is 9.07. The molecule has 32 heavy (non-hydrogen) atoms. The largest absolute Gasteiger partial charge is 0.339 e. The fourth-order valence-electron chi connectivity index (χ4n) is 3.71. The van der Waals surface area contributed by atoms with Crippen molar-refractivity contribution in [2.45, 2.75) is 42.5 Å². The molecule has 1 N–H and O–H groups in total. The van der Waals surface area contributed by atoms with Gasteiger partial charge in [0.1, 0.15) is 0 Å². The van der Waals surface area contributed by atoms with Gasteiger partial charge in [-0.2, -0.15) is 4.31 Å². The standard InChI is InChI=1S/C22H29N3O5S2/c1-3-24(4-2)22(26)18-10-12-21(13-11-18)32(29,30)25-16-14-19(15-17-25)23-31(27,28)20-8-6-5-7-9-20/h5-13,19,23H,3-4,14-17H2,1-2H3. The molecule has 174 valence electrons. The summed E-state index contributed by atoms with van der Waals surface area (Å²) in [7, 11) is -7.37. The molecule has 8 nitrogen and oxygen atoms in total. The lowest BCUT2D eigenvalue weighted by Crippen LogP contribution is -2.46. The van der Waals surface area contributed by atoms with Gasteiger partial charge in [0.25, 0.3) is 5.91 Å². The second-order valence-electron chi connectivity index (χ2n) is 7.61. The molecule has 1 amide bonds. The van der Waals surface area contributed by atoms with Crippen molar-refractivity contribution in [2.24, 2.45) is 0 Å². The van der Waals surface area contributed by atoms with E-state index in [2.05, 4.69) is 4.72 Å². The van der Waals surface area contributed by atoms with Crippen LogP contribution in [0.25, 0.3) is 0 Å². The van der Waals surface area contributed by atoms with Crippen molar-refractivity contribution in [3.8, 4) is 0 Å². The van der Waals surface area contributed by atoms with E-state index in [0.717, 1.165) is 0 Å². The number of carbonyl (C=O) groups excluding carboxylic acids is 1. The Hall–Kier alpha value is -2.27. The van der Waals surface area contributed by atoms with E-state index in [4.69, 9.17) is 0 Å². The Morgan fingerprint density at radius 3 is 2.00 bits per heavy atom. The second kappa shape index (κ2) is 10.1. The summed E-state index contributed by atoms with van der Waals surface area (Å²) < 4.78 is 55.1. The van der Waals surface area contributed by atoms with Crippen LogP contribution >= 0.6 is 0 Å². The summed E-state index contributed by atoms with van der Waals surface area (Å²) in [6.45, 7) is 5.37. The van der Waals surface area contributed by atoms with Crippen LogP contribution in [0.15, 0.2) is 64.4 Å². The molecule has 2 aromatic carbocycles. The average molecular weight is 480 g/mol. The Kier molecular flexibility index (Phi) is 7.71. The molecule has 1 fully saturated rings. The molecule has 0 saturated carbocycles. The molecule has 0 bridgehead atoms. The van der Waals surface area contributed by atoms with Gasteiger partial charge < -0.3 is 4.90 Å². The van der Waals surface area contributed by atoms with Gasteiger partial charge in [0.05, 0.1) is 9.79 Å². The molecule has 0 aromatic heterocycles. The monoisotopic (exact) mass is 479 g/mol. The van der Waals surface area contributed by atoms with Gasteiger partial charge in [-0.25, -0.2) is 21.6 Å². The quantitative estimate of drug-likeness (QED) is 0.626. The first-order valence-electron chi connectivity index (χ1n) is 10.7. The summed E-state index contributed by atoms with van der Waals surface area (Å²) in [5, 5.41) is 0. The van der Waals surface area contributed by atoms with Gasteiger partial charge >= 0.3 is 0 Å². The van der Waals surface area contributed by atoms with Crippen molar-refractivity contribution in [2.75, 3.05) is 26.2 Å². The molecule has 1 saturated heterocycles. The Balaban J connectivity index is 1.64. The first kappa shape index (κ1) is 24.4. The first-order chi connectivity index (χ1) is 15.2. The van der Waals surface area contributed by atoms with Crippen LogP contribution in [-0.4, -0.2) is 64.2 Å². The normalized spacial score (nSPS) is 16.1. The summed E-state index contributed by atoms with van der Waals surface area (Å²) >= 11 is 0. The molecule has 0 unspecified atom stereocenters. The molecular weight excluding hydrogens is 450 g/mol. The lowest BCUT2D eigenvalue weighted by Gasteiger charge is -2.31. The summed E-state index contributed by atoms with van der Waals surface area (Å²) in [6, 6.07) is 13.8. The summed E-state index contributed by atoms with van der Waals surface area (Å²) in [6.07, 6.45) is 0.758. The third kappa shape index (κ3) is 5.37. The van der Waals surface area contributed by atoms with Crippen LogP contribution in [0.5, 0.6) is 0 Å². The van der Waals surface area contributed by atoms with Crippen LogP contribution in [0.1, 0.15) is 37.0 Å². The van der Waals surface area contributed by atoms with E-state index >= 15 is 0 Å². The molecule has 1 aliphatic heterocycles. The number of sulfonamides is 2. The van der Waals surface area contributed by atoms with Gasteiger partial charge in [0.15, 0.2) is 0 Å². The van der Waals surface area contributed by atoms with E-state index in [9.17, 15) is 21.6 Å². The maximum atomic E-state index is 13.0. The predicted molar refractivity (Wildman–Crippen MR) is 122 cm³/mol. The van der Waals surface area contributed by atoms with Gasteiger partial charge in [-0.05, 0) is 63.1 Å². The van der Waals surface area contributed by atoms with Gasteiger partial charge in [0.2, 0.25) is 20.0 Å². The number of nitrogens with one attached hydrogen (secondary N) is 1. The zero-order valence-electron chi connectivity index (χ0n) is 18.3. The maximum Gasteiger partial charge on any atom is 0.253 e. The smallest absolute Gasteiger partial charge is 0.253 e. The number of nitrogens with zero attached hydrogens (tertiary/aromatic N) is 2. The summed E-state index contributed by atoms with van der Waals surface area (Å²) in [5.74, 6) is -0.134. The van der Waals surface area contributed by atoms with E-state index in [-0.39, 0.29) is 34.8 Å². The van der Waals surface area contributed by atoms with E-state index in [1.54, 1.807) is 23.1 Å². The first-order valence-corrected chi connectivity index (χ1v) is 13.6. The second-order valence-corrected chi connectivity index (χ2v) is 11.3. The van der Waals surface area contributed by atoms with Crippen LogP contribution in [-0.2, 0) is 20.0 Å². The molecule has 3 rings (SSSR count). The Labute approximate surface area is 190 Å². The zero-order valence-corrected chi connectivity index (χ0v) is 19.9. The molecule has 0 spiro atoms. The average Bonchev–Trinajstić information content (AvgIpc) is 2.80. The number of benzene rings is 2. The highest BCUT2D eigenvalue weighted by Gasteiger charge is 2.31. The van der Waals surface area contributed by atoms with E-state index in [0.29, 0.717) is 31.5 Å². The number of amides is 1. The van der Waals surface area contributed by atoms with Gasteiger partial charge in [-0.1, -0.05) is 18.2 Å². The highest BCUT2D eigenvalue weighted by molar-refractivity contribution is 7.89. The van der Waals surface area contributed by atoms with Crippen molar-refractivity contribution in [1.82, 2.24) is 13.9 Å². The summed E-state index contributed by atoms with van der Waals surface area (Å²) in [4.78, 5) is 14.4. The van der Waals surface area contributed by atoms with E-state index in [1.165, 1.54) is 40.7 Å². The number of piperidine rings is 1. The molecule has 1 aliphatic rings. The van der Waals surface area contributed by atoms with Crippen LogP contribution in [0.4, 0.5) is 0 Å². The highest BCUT2D eigenvalue weighted by atomic mass is 32.2. The van der Waals surface area contributed by atoms with Crippen molar-refractivity contribution in [3.05, 3.63) is 60.2 Å². The molecule has 0 radical (unpaired) electrons. The maximum absolute atomic E-state index is 13.0. The molecule has 10 heteroatoms. The van der Waals surface area contributed by atoms with Gasteiger partial charge in [-0.15, -0.1) is 0 Å². The summed E-state index contributed by atoms with van der Waals surface area (Å²) in [5.41, 5.74) is 0.446. The lowest BCUT2D eigenvalue weighted by atomic mass is 10.1. The molecule has 0 atom stereocenters. The highest BCUT2D eigenvalue weighted by Crippen LogP contribution is 2.22. The molecular formula is C22H29N3O5S2. The predicted octanol–water partition coefficient (Wildman–Crippen LogP) is 2.30. The number of hydrogen-bond donors (Lipinski definition) is 1. The Bertz CT molecular complexity index is 1120. The van der Waals surface area contributed by atoms with Crippen LogP contribution < -0.4 is 4.72 Å². The minimum absolute atomic E-state index is 0.122. The van der Waals surface area contributed by atoms with Crippen LogP contribution in [0.2, 0.25) is 0 Å². The van der Waals surface area contributed by atoms with Crippen molar-refractivity contribution in [1.29, 1.82) is 0 Å². The van der Waals surface area contributed by atoms with Gasteiger partial charge in [0, 0.05) is 37.8 Å². The lowest BCUT2D eigenvalue weighted by molar-refractivity contribution is 0.0773. The molecule has 0 aliphatic carbocycles.